The molecule has 1 aromatic heterocycles. The Morgan fingerprint density at radius 3 is 2.72 bits per heavy atom. The molecule has 0 aromatic carbocycles. The summed E-state index contributed by atoms with van der Waals surface area (Å²) in [4.78, 5) is 30.6. The highest BCUT2D eigenvalue weighted by atomic mass is 16.5. The number of nitrogens with zero attached hydrogens (tertiary/aromatic N) is 1. The number of allylic oxidation sites excluding steroid dienone is 1. The van der Waals surface area contributed by atoms with Crippen molar-refractivity contribution in [1.82, 2.24) is 9.88 Å². The van der Waals surface area contributed by atoms with Crippen molar-refractivity contribution >= 4 is 11.7 Å². The van der Waals surface area contributed by atoms with E-state index in [-0.39, 0.29) is 22.9 Å². The van der Waals surface area contributed by atoms with Gasteiger partial charge in [-0.2, -0.15) is 0 Å². The summed E-state index contributed by atoms with van der Waals surface area (Å²) in [6.45, 7) is 6.44. The number of aromatic nitrogens is 1. The summed E-state index contributed by atoms with van der Waals surface area (Å²) in [6, 6.07) is 1.82. The van der Waals surface area contributed by atoms with E-state index >= 15 is 0 Å². The Bertz CT molecular complexity index is 866. The number of nitrogens with one attached hydrogen (secondary N) is 1. The summed E-state index contributed by atoms with van der Waals surface area (Å²) in [5.41, 5.74) is 1.65. The molecule has 1 saturated heterocycles. The molecule has 1 aromatic rings. The third-order valence-corrected chi connectivity index (χ3v) is 6.70. The van der Waals surface area contributed by atoms with E-state index in [0.717, 1.165) is 62.9 Å². The molecule has 0 radical (unpaired) electrons. The van der Waals surface area contributed by atoms with Gasteiger partial charge in [0.2, 0.25) is 0 Å². The lowest BCUT2D eigenvalue weighted by Gasteiger charge is -2.27. The number of carbonyl (C=O) groups excluding carboxylic acids is 1. The molecule has 4 rings (SSSR count). The molecule has 1 amide bonds. The molecule has 1 N–H and O–H groups in total. The maximum atomic E-state index is 12.9. The lowest BCUT2D eigenvalue weighted by Crippen LogP contribution is -2.38. The number of pyridine rings is 1. The number of ether oxygens (including phenoxy) is 2. The van der Waals surface area contributed by atoms with Crippen LogP contribution in [0, 0.1) is 11.8 Å². The van der Waals surface area contributed by atoms with Gasteiger partial charge in [0.05, 0.1) is 19.4 Å². The number of rotatable bonds is 7. The number of likely N-dealkylation sites (tertiary alicyclic amines) is 1. The highest BCUT2D eigenvalue weighted by molar-refractivity contribution is 5.94. The van der Waals surface area contributed by atoms with E-state index in [0.29, 0.717) is 29.9 Å². The maximum Gasteiger partial charge on any atom is 0.261 e. The maximum absolute atomic E-state index is 12.9. The molecule has 2 heterocycles. The van der Waals surface area contributed by atoms with Gasteiger partial charge < -0.3 is 19.4 Å². The molecule has 2 aliphatic carbocycles. The van der Waals surface area contributed by atoms with Crippen LogP contribution in [0.3, 0.4) is 0 Å². The van der Waals surface area contributed by atoms with Crippen LogP contribution in [-0.4, -0.2) is 42.6 Å². The molecular weight excluding hydrogens is 368 g/mol. The third kappa shape index (κ3) is 3.81. The molecule has 0 spiro atoms. The zero-order chi connectivity index (χ0) is 20.5. The Kier molecular flexibility index (Phi) is 5.70. The topological polar surface area (TPSA) is 71.6 Å². The van der Waals surface area contributed by atoms with Crippen molar-refractivity contribution in [1.29, 1.82) is 0 Å². The largest absolute Gasteiger partial charge is 0.497 e. The number of methoxy groups -OCH3 is 1. The monoisotopic (exact) mass is 400 g/mol. The second kappa shape index (κ2) is 8.25. The van der Waals surface area contributed by atoms with Crippen LogP contribution in [0.25, 0.3) is 5.76 Å². The average Bonchev–Trinajstić information content (AvgIpc) is 3.54. The van der Waals surface area contributed by atoms with Gasteiger partial charge in [-0.15, -0.1) is 0 Å². The van der Waals surface area contributed by atoms with E-state index < -0.39 is 0 Å². The minimum Gasteiger partial charge on any atom is -0.497 e. The predicted octanol–water partition coefficient (Wildman–Crippen LogP) is 3.89. The van der Waals surface area contributed by atoms with Gasteiger partial charge in [-0.25, -0.2) is 0 Å². The second-order valence-corrected chi connectivity index (χ2v) is 8.69. The van der Waals surface area contributed by atoms with E-state index in [2.05, 4.69) is 18.8 Å². The zero-order valence-corrected chi connectivity index (χ0v) is 17.8. The van der Waals surface area contributed by atoms with Crippen LogP contribution in [0.4, 0.5) is 0 Å². The smallest absolute Gasteiger partial charge is 0.261 e. The fourth-order valence-electron chi connectivity index (χ4n) is 4.53. The van der Waals surface area contributed by atoms with Crippen LogP contribution in [0.15, 0.2) is 16.6 Å². The molecule has 1 saturated carbocycles. The Hall–Kier alpha value is -2.24. The number of carbonyl (C=O) groups is 1. The number of piperidine rings is 1. The first-order valence-electron chi connectivity index (χ1n) is 11.0. The Balaban J connectivity index is 1.64. The van der Waals surface area contributed by atoms with Crippen molar-refractivity contribution < 1.29 is 14.3 Å². The molecule has 3 unspecified atom stereocenters. The first-order chi connectivity index (χ1) is 14.0. The van der Waals surface area contributed by atoms with Gasteiger partial charge in [0.25, 0.3) is 11.5 Å². The first-order valence-corrected chi connectivity index (χ1v) is 11.0. The number of hydrogen-bond donors (Lipinski definition) is 1. The molecule has 0 bridgehead atoms. The van der Waals surface area contributed by atoms with E-state index in [9.17, 15) is 9.59 Å². The van der Waals surface area contributed by atoms with Crippen molar-refractivity contribution in [2.75, 3.05) is 26.8 Å². The molecule has 3 aliphatic rings. The standard InChI is InChI=1S/C23H32N2O4/c1-4-14(2)8-11-29-21-19-16(15-12-17(15)20(21)28-3)13-18(22(26)24-19)23(27)25-9-6-5-7-10-25/h13-15,17H,4-12H2,1-3H3,(H,24,26). The summed E-state index contributed by atoms with van der Waals surface area (Å²) in [6.07, 6.45) is 6.20. The lowest BCUT2D eigenvalue weighted by atomic mass is 9.96. The van der Waals surface area contributed by atoms with Crippen molar-refractivity contribution in [3.63, 3.8) is 0 Å². The summed E-state index contributed by atoms with van der Waals surface area (Å²) in [5, 5.41) is 0. The van der Waals surface area contributed by atoms with Crippen LogP contribution >= 0.6 is 0 Å². The van der Waals surface area contributed by atoms with Crippen molar-refractivity contribution in [3.05, 3.63) is 39.0 Å². The van der Waals surface area contributed by atoms with E-state index in [1.807, 2.05) is 11.0 Å². The highest BCUT2D eigenvalue weighted by Crippen LogP contribution is 2.58. The molecule has 6 heteroatoms. The van der Waals surface area contributed by atoms with Crippen molar-refractivity contribution in [2.45, 2.75) is 58.3 Å². The number of amides is 1. The number of fused-ring (bicyclic) bond motifs is 3. The summed E-state index contributed by atoms with van der Waals surface area (Å²) in [7, 11) is 1.67. The zero-order valence-electron chi connectivity index (χ0n) is 17.8. The molecule has 29 heavy (non-hydrogen) atoms. The van der Waals surface area contributed by atoms with Crippen LogP contribution in [0.2, 0.25) is 0 Å². The Morgan fingerprint density at radius 2 is 2.03 bits per heavy atom. The fourth-order valence-corrected chi connectivity index (χ4v) is 4.53. The molecule has 3 atom stereocenters. The molecular formula is C23H32N2O4. The average molecular weight is 401 g/mol. The van der Waals surface area contributed by atoms with Crippen molar-refractivity contribution in [3.8, 4) is 0 Å². The van der Waals surface area contributed by atoms with Gasteiger partial charge in [0.1, 0.15) is 11.3 Å². The van der Waals surface area contributed by atoms with Crippen LogP contribution < -0.4 is 5.56 Å². The van der Waals surface area contributed by atoms with Gasteiger partial charge in [0, 0.05) is 19.0 Å². The SMILES string of the molecule is CCC(C)CCOC1=C(OC)C2CC2c2cc(C(=O)N3CCCCC3)c(=O)[nH]c21. The van der Waals surface area contributed by atoms with Gasteiger partial charge in [0.15, 0.2) is 5.76 Å². The summed E-state index contributed by atoms with van der Waals surface area (Å²) < 4.78 is 11.8. The van der Waals surface area contributed by atoms with Crippen LogP contribution in [0.1, 0.15) is 79.9 Å². The number of H-pyrrole nitrogens is 1. The quantitative estimate of drug-likeness (QED) is 0.754. The fraction of sp³-hybridized carbons (Fsp3) is 0.652. The lowest BCUT2D eigenvalue weighted by molar-refractivity contribution is 0.0722. The Labute approximate surface area is 172 Å². The second-order valence-electron chi connectivity index (χ2n) is 8.69. The van der Waals surface area contributed by atoms with Crippen LogP contribution in [-0.2, 0) is 9.47 Å². The molecule has 6 nitrogen and oxygen atoms in total. The highest BCUT2D eigenvalue weighted by Gasteiger charge is 2.50. The summed E-state index contributed by atoms with van der Waals surface area (Å²) >= 11 is 0. The van der Waals surface area contributed by atoms with E-state index in [1.165, 1.54) is 0 Å². The van der Waals surface area contributed by atoms with Crippen LogP contribution in [0.5, 0.6) is 0 Å². The normalized spacial score (nSPS) is 23.9. The summed E-state index contributed by atoms with van der Waals surface area (Å²) in [5.74, 6) is 2.51. The van der Waals surface area contributed by atoms with E-state index in [1.54, 1.807) is 7.11 Å². The Morgan fingerprint density at radius 1 is 1.28 bits per heavy atom. The van der Waals surface area contributed by atoms with Crippen molar-refractivity contribution in [2.24, 2.45) is 11.8 Å². The minimum atomic E-state index is -0.336. The molecule has 158 valence electrons. The third-order valence-electron chi connectivity index (χ3n) is 6.70. The minimum absolute atomic E-state index is 0.147. The van der Waals surface area contributed by atoms with Gasteiger partial charge in [-0.05, 0) is 55.6 Å². The van der Waals surface area contributed by atoms with E-state index in [4.69, 9.17) is 9.47 Å². The number of aromatic amines is 1. The number of hydrogen-bond acceptors (Lipinski definition) is 4. The van der Waals surface area contributed by atoms with Gasteiger partial charge in [-0.1, -0.05) is 20.3 Å². The molecule has 1 aliphatic heterocycles. The van der Waals surface area contributed by atoms with Gasteiger partial charge >= 0.3 is 0 Å². The molecule has 2 fully saturated rings. The first kappa shape index (κ1) is 20.0. The van der Waals surface area contributed by atoms with Gasteiger partial charge in [-0.3, -0.25) is 9.59 Å². The predicted molar refractivity (Wildman–Crippen MR) is 112 cm³/mol.